The zero-order chi connectivity index (χ0) is 23.4. The average Bonchev–Trinajstić information content (AvgIpc) is 3.17. The van der Waals surface area contributed by atoms with E-state index in [0.29, 0.717) is 21.9 Å². The Labute approximate surface area is 194 Å². The van der Waals surface area contributed by atoms with Crippen molar-refractivity contribution in [3.05, 3.63) is 100 Å². The molecule has 1 heterocycles. The third-order valence-corrected chi connectivity index (χ3v) is 5.46. The van der Waals surface area contributed by atoms with Gasteiger partial charge in [0.15, 0.2) is 0 Å². The van der Waals surface area contributed by atoms with Crippen molar-refractivity contribution in [2.75, 3.05) is 0 Å². The summed E-state index contributed by atoms with van der Waals surface area (Å²) in [5, 5.41) is 1.19. The van der Waals surface area contributed by atoms with Crippen LogP contribution in [0.15, 0.2) is 72.8 Å². The number of hydrogen-bond donors (Lipinski definition) is 3. The number of para-hydroxylation sites is 2. The van der Waals surface area contributed by atoms with Crippen molar-refractivity contribution in [2.45, 2.75) is 13.5 Å². The third-order valence-electron chi connectivity index (χ3n) is 5.09. The number of H-pyrrole nitrogens is 1. The molecule has 0 fully saturated rings. The first kappa shape index (κ1) is 22.1. The molecule has 4 rings (SSSR count). The van der Waals surface area contributed by atoms with Gasteiger partial charge < -0.3 is 9.72 Å². The molecule has 3 N–H and O–H groups in total. The number of nitrogens with one attached hydrogen (secondary N) is 3. The van der Waals surface area contributed by atoms with E-state index in [-0.39, 0.29) is 17.7 Å². The number of Topliss-reactive ketones (excluding diaryl/α,β-unsaturated/α-hetero) is 1. The van der Waals surface area contributed by atoms with Gasteiger partial charge in [-0.3, -0.25) is 25.2 Å². The number of hydrogen-bond acceptors (Lipinski definition) is 4. The lowest BCUT2D eigenvalue weighted by Gasteiger charge is -2.13. The molecule has 0 saturated heterocycles. The van der Waals surface area contributed by atoms with Crippen LogP contribution in [0, 0.1) is 6.92 Å². The fraction of sp³-hybridized carbons (Fsp3) is 0.0800. The van der Waals surface area contributed by atoms with Gasteiger partial charge in [-0.25, -0.2) is 0 Å². The number of carbonyl (C=O) groups is 3. The van der Waals surface area contributed by atoms with Crippen molar-refractivity contribution in [2.24, 2.45) is 0 Å². The van der Waals surface area contributed by atoms with E-state index >= 15 is 0 Å². The Morgan fingerprint density at radius 1 is 0.909 bits per heavy atom. The molecule has 0 spiro atoms. The van der Waals surface area contributed by atoms with Crippen LogP contribution < -0.4 is 15.6 Å². The van der Waals surface area contributed by atoms with Gasteiger partial charge in [0.1, 0.15) is 12.4 Å². The maximum atomic E-state index is 12.7. The minimum Gasteiger partial charge on any atom is -0.488 e. The largest absolute Gasteiger partial charge is 0.488 e. The molecule has 3 aromatic carbocycles. The fourth-order valence-electron chi connectivity index (χ4n) is 3.47. The van der Waals surface area contributed by atoms with Gasteiger partial charge >= 0.3 is 5.91 Å². The number of carbonyl (C=O) groups excluding carboxylic acids is 3. The van der Waals surface area contributed by atoms with Gasteiger partial charge in [0, 0.05) is 27.2 Å². The summed E-state index contributed by atoms with van der Waals surface area (Å²) in [5.41, 5.74) is 7.02. The van der Waals surface area contributed by atoms with Crippen molar-refractivity contribution >= 4 is 40.1 Å². The van der Waals surface area contributed by atoms with Crippen LogP contribution in [0.2, 0.25) is 5.02 Å². The average molecular weight is 462 g/mol. The van der Waals surface area contributed by atoms with Crippen LogP contribution in [0.5, 0.6) is 5.75 Å². The monoisotopic (exact) mass is 461 g/mol. The number of ketones is 1. The van der Waals surface area contributed by atoms with Gasteiger partial charge in [-0.2, -0.15) is 0 Å². The number of ether oxygens (including phenoxy) is 1. The number of fused-ring (bicyclic) bond motifs is 1. The number of halogens is 1. The van der Waals surface area contributed by atoms with E-state index in [1.165, 1.54) is 0 Å². The SMILES string of the molecule is Cc1[nH]c2ccccc2c1C(=O)C(=O)NNC(=O)c1ccccc1OCc1ccccc1Cl. The van der Waals surface area contributed by atoms with Crippen molar-refractivity contribution in [1.29, 1.82) is 0 Å². The summed E-state index contributed by atoms with van der Waals surface area (Å²) < 4.78 is 5.77. The number of hydrazine groups is 1. The molecule has 0 radical (unpaired) electrons. The number of aryl methyl sites for hydroxylation is 1. The van der Waals surface area contributed by atoms with E-state index < -0.39 is 17.6 Å². The Morgan fingerprint density at radius 3 is 2.42 bits per heavy atom. The van der Waals surface area contributed by atoms with E-state index in [1.807, 2.05) is 30.3 Å². The molecule has 7 nitrogen and oxygen atoms in total. The number of benzene rings is 3. The summed E-state index contributed by atoms with van der Waals surface area (Å²) in [5.74, 6) is -2.02. The second-order valence-electron chi connectivity index (χ2n) is 7.28. The Bertz CT molecular complexity index is 1360. The zero-order valence-electron chi connectivity index (χ0n) is 17.6. The molecular formula is C25H20ClN3O4. The quantitative estimate of drug-likeness (QED) is 0.226. The van der Waals surface area contributed by atoms with Crippen LogP contribution in [0.3, 0.4) is 0 Å². The minimum atomic E-state index is -0.953. The van der Waals surface area contributed by atoms with Crippen molar-refractivity contribution in [3.63, 3.8) is 0 Å². The van der Waals surface area contributed by atoms with Crippen LogP contribution in [0.1, 0.15) is 32.0 Å². The molecule has 0 aliphatic carbocycles. The second kappa shape index (κ2) is 9.58. The lowest BCUT2D eigenvalue weighted by Crippen LogP contribution is -2.45. The van der Waals surface area contributed by atoms with E-state index in [9.17, 15) is 14.4 Å². The predicted octanol–water partition coefficient (Wildman–Crippen LogP) is 4.35. The first-order valence-corrected chi connectivity index (χ1v) is 10.5. The molecule has 2 amide bonds. The second-order valence-corrected chi connectivity index (χ2v) is 7.69. The van der Waals surface area contributed by atoms with Crippen LogP contribution in [0.4, 0.5) is 0 Å². The standard InChI is InChI=1S/C25H20ClN3O4/c1-15-22(17-9-3-6-12-20(17)27-15)23(30)25(32)29-28-24(31)18-10-4-7-13-21(18)33-14-16-8-2-5-11-19(16)26/h2-13,27H,14H2,1H3,(H,28,31)(H,29,32). The Morgan fingerprint density at radius 2 is 1.61 bits per heavy atom. The van der Waals surface area contributed by atoms with E-state index in [4.69, 9.17) is 16.3 Å². The summed E-state index contributed by atoms with van der Waals surface area (Å²) in [6.45, 7) is 1.88. The smallest absolute Gasteiger partial charge is 0.310 e. The molecule has 0 bridgehead atoms. The molecule has 166 valence electrons. The predicted molar refractivity (Wildman–Crippen MR) is 125 cm³/mol. The first-order valence-electron chi connectivity index (χ1n) is 10.1. The summed E-state index contributed by atoms with van der Waals surface area (Å²) in [7, 11) is 0. The molecule has 0 aliphatic heterocycles. The molecule has 0 atom stereocenters. The van der Waals surface area contributed by atoms with Gasteiger partial charge in [0.05, 0.1) is 11.1 Å². The third kappa shape index (κ3) is 4.73. The van der Waals surface area contributed by atoms with Crippen molar-refractivity contribution < 1.29 is 19.1 Å². The highest BCUT2D eigenvalue weighted by atomic mass is 35.5. The fourth-order valence-corrected chi connectivity index (χ4v) is 3.66. The van der Waals surface area contributed by atoms with Gasteiger partial charge in [-0.1, -0.05) is 60.1 Å². The Hall–Kier alpha value is -4.10. The lowest BCUT2D eigenvalue weighted by atomic mass is 10.1. The molecule has 4 aromatic rings. The maximum absolute atomic E-state index is 12.7. The first-order chi connectivity index (χ1) is 16.0. The topological polar surface area (TPSA) is 100 Å². The number of aromatic amines is 1. The molecule has 0 saturated carbocycles. The van der Waals surface area contributed by atoms with Gasteiger partial charge in [0.2, 0.25) is 0 Å². The summed E-state index contributed by atoms with van der Waals surface area (Å²) in [6, 6.07) is 21.0. The molecule has 0 aliphatic rings. The maximum Gasteiger partial charge on any atom is 0.310 e. The summed E-state index contributed by atoms with van der Waals surface area (Å²) >= 11 is 6.16. The lowest BCUT2D eigenvalue weighted by molar-refractivity contribution is -0.117. The van der Waals surface area contributed by atoms with Crippen molar-refractivity contribution in [3.8, 4) is 5.75 Å². The van der Waals surface area contributed by atoms with Crippen LogP contribution >= 0.6 is 11.6 Å². The summed E-state index contributed by atoms with van der Waals surface area (Å²) in [4.78, 5) is 41.0. The molecule has 0 unspecified atom stereocenters. The molecule has 8 heteroatoms. The summed E-state index contributed by atoms with van der Waals surface area (Å²) in [6.07, 6.45) is 0. The zero-order valence-corrected chi connectivity index (χ0v) is 18.4. The highest BCUT2D eigenvalue weighted by molar-refractivity contribution is 6.45. The highest BCUT2D eigenvalue weighted by Gasteiger charge is 2.23. The Kier molecular flexibility index (Phi) is 6.42. The van der Waals surface area contributed by atoms with Crippen molar-refractivity contribution in [1.82, 2.24) is 15.8 Å². The number of rotatable bonds is 6. The van der Waals surface area contributed by atoms with E-state index in [1.54, 1.807) is 49.4 Å². The van der Waals surface area contributed by atoms with Gasteiger partial charge in [-0.15, -0.1) is 0 Å². The molecular weight excluding hydrogens is 442 g/mol. The van der Waals surface area contributed by atoms with Gasteiger partial charge in [0.25, 0.3) is 11.7 Å². The molecule has 1 aromatic heterocycles. The minimum absolute atomic E-state index is 0.161. The normalized spacial score (nSPS) is 10.6. The Balaban J connectivity index is 1.43. The number of aromatic nitrogens is 1. The van der Waals surface area contributed by atoms with Crippen LogP contribution in [-0.2, 0) is 11.4 Å². The van der Waals surface area contributed by atoms with E-state index in [2.05, 4.69) is 15.8 Å². The molecule has 33 heavy (non-hydrogen) atoms. The van der Waals surface area contributed by atoms with E-state index in [0.717, 1.165) is 11.1 Å². The highest BCUT2D eigenvalue weighted by Crippen LogP contribution is 2.23. The number of amides is 2. The van der Waals surface area contributed by atoms with Crippen LogP contribution in [0.25, 0.3) is 10.9 Å². The van der Waals surface area contributed by atoms with Crippen LogP contribution in [-0.4, -0.2) is 22.6 Å². The van der Waals surface area contributed by atoms with Gasteiger partial charge in [-0.05, 0) is 31.2 Å².